The average molecular weight is 331 g/mol. The minimum absolute atomic E-state index is 0.0974. The summed E-state index contributed by atoms with van der Waals surface area (Å²) in [4.78, 5) is 14.6. The molecule has 0 radical (unpaired) electrons. The number of nitriles is 1. The van der Waals surface area contributed by atoms with Crippen LogP contribution in [-0.2, 0) is 17.6 Å². The molecule has 1 atom stereocenters. The van der Waals surface area contributed by atoms with Gasteiger partial charge in [0.15, 0.2) is 0 Å². The highest BCUT2D eigenvalue weighted by Gasteiger charge is 2.23. The van der Waals surface area contributed by atoms with Crippen molar-refractivity contribution in [2.45, 2.75) is 32.2 Å². The van der Waals surface area contributed by atoms with Crippen molar-refractivity contribution in [2.24, 2.45) is 0 Å². The molecule has 0 bridgehead atoms. The van der Waals surface area contributed by atoms with E-state index in [0.29, 0.717) is 10.6 Å². The van der Waals surface area contributed by atoms with Crippen LogP contribution in [0, 0.1) is 11.3 Å². The highest BCUT2D eigenvalue weighted by Crippen LogP contribution is 2.38. The maximum atomic E-state index is 12.1. The SMILES string of the molecule is CC(NCC(=O)Nc1sc2c(c1C#N)CCC2)c1cccs1. The number of nitrogens with zero attached hydrogens (tertiary/aromatic N) is 1. The first kappa shape index (κ1) is 15.2. The number of aryl methyl sites for hydroxylation is 1. The van der Waals surface area contributed by atoms with Crippen molar-refractivity contribution in [1.82, 2.24) is 5.32 Å². The van der Waals surface area contributed by atoms with Gasteiger partial charge >= 0.3 is 0 Å². The Balaban J connectivity index is 1.60. The van der Waals surface area contributed by atoms with Gasteiger partial charge in [0.25, 0.3) is 0 Å². The summed E-state index contributed by atoms with van der Waals surface area (Å²) in [7, 11) is 0. The number of carbonyl (C=O) groups excluding carboxylic acids is 1. The van der Waals surface area contributed by atoms with Crippen molar-refractivity contribution < 1.29 is 4.79 Å². The molecule has 0 fully saturated rings. The molecule has 2 heterocycles. The van der Waals surface area contributed by atoms with Crippen LogP contribution < -0.4 is 10.6 Å². The van der Waals surface area contributed by atoms with Crippen LogP contribution >= 0.6 is 22.7 Å². The number of rotatable bonds is 5. The standard InChI is InChI=1S/C16H17N3OS2/c1-10(13-6-3-7-21-13)18-9-15(20)19-16-12(8-17)11-4-2-5-14(11)22-16/h3,6-7,10,18H,2,4-5,9H2,1H3,(H,19,20). The van der Waals surface area contributed by atoms with E-state index in [2.05, 4.69) is 22.8 Å². The highest BCUT2D eigenvalue weighted by atomic mass is 32.1. The largest absolute Gasteiger partial charge is 0.315 e. The van der Waals surface area contributed by atoms with Crippen LogP contribution in [0.3, 0.4) is 0 Å². The molecule has 2 aromatic heterocycles. The number of nitrogens with one attached hydrogen (secondary N) is 2. The molecule has 6 heteroatoms. The molecule has 1 aliphatic rings. The van der Waals surface area contributed by atoms with E-state index in [-0.39, 0.29) is 18.5 Å². The number of carbonyl (C=O) groups is 1. The van der Waals surface area contributed by atoms with Gasteiger partial charge in [-0.3, -0.25) is 4.79 Å². The van der Waals surface area contributed by atoms with Crippen LogP contribution in [0.2, 0.25) is 0 Å². The van der Waals surface area contributed by atoms with E-state index in [4.69, 9.17) is 0 Å². The van der Waals surface area contributed by atoms with Crippen LogP contribution in [-0.4, -0.2) is 12.5 Å². The Kier molecular flexibility index (Phi) is 4.57. The molecular weight excluding hydrogens is 314 g/mol. The molecule has 0 saturated heterocycles. The van der Waals surface area contributed by atoms with Crippen molar-refractivity contribution in [2.75, 3.05) is 11.9 Å². The molecule has 22 heavy (non-hydrogen) atoms. The lowest BCUT2D eigenvalue weighted by atomic mass is 10.1. The fourth-order valence-electron chi connectivity index (χ4n) is 2.67. The van der Waals surface area contributed by atoms with E-state index in [9.17, 15) is 10.1 Å². The number of amides is 1. The Morgan fingerprint density at radius 3 is 3.09 bits per heavy atom. The van der Waals surface area contributed by atoms with E-state index < -0.39 is 0 Å². The predicted octanol–water partition coefficient (Wildman–Crippen LogP) is 3.46. The fourth-order valence-corrected chi connectivity index (χ4v) is 4.68. The zero-order valence-electron chi connectivity index (χ0n) is 12.3. The van der Waals surface area contributed by atoms with Crippen molar-refractivity contribution >= 4 is 33.6 Å². The summed E-state index contributed by atoms with van der Waals surface area (Å²) in [5.41, 5.74) is 1.81. The van der Waals surface area contributed by atoms with E-state index in [1.54, 1.807) is 22.7 Å². The lowest BCUT2D eigenvalue weighted by Crippen LogP contribution is -2.29. The van der Waals surface area contributed by atoms with Crippen LogP contribution in [0.25, 0.3) is 0 Å². The molecule has 3 rings (SSSR count). The van der Waals surface area contributed by atoms with Crippen molar-refractivity contribution in [3.05, 3.63) is 38.4 Å². The summed E-state index contributed by atoms with van der Waals surface area (Å²) in [5, 5.41) is 18.2. The second-order valence-electron chi connectivity index (χ2n) is 5.34. The number of thiophene rings is 2. The molecule has 0 aliphatic heterocycles. The summed E-state index contributed by atoms with van der Waals surface area (Å²) in [5.74, 6) is -0.0974. The van der Waals surface area contributed by atoms with Gasteiger partial charge in [0.1, 0.15) is 11.1 Å². The molecule has 114 valence electrons. The Labute approximate surface area is 137 Å². The lowest BCUT2D eigenvalue weighted by Gasteiger charge is -2.11. The molecule has 1 aliphatic carbocycles. The summed E-state index contributed by atoms with van der Waals surface area (Å²) in [6, 6.07) is 6.45. The van der Waals surface area contributed by atoms with E-state index >= 15 is 0 Å². The number of anilines is 1. The quantitative estimate of drug-likeness (QED) is 0.882. The first-order chi connectivity index (χ1) is 10.7. The summed E-state index contributed by atoms with van der Waals surface area (Å²) < 4.78 is 0. The van der Waals surface area contributed by atoms with Crippen LogP contribution in [0.15, 0.2) is 17.5 Å². The smallest absolute Gasteiger partial charge is 0.238 e. The lowest BCUT2D eigenvalue weighted by molar-refractivity contribution is -0.115. The third kappa shape index (κ3) is 3.07. The molecule has 0 spiro atoms. The predicted molar refractivity (Wildman–Crippen MR) is 90.4 cm³/mol. The van der Waals surface area contributed by atoms with Gasteiger partial charge < -0.3 is 10.6 Å². The second-order valence-corrected chi connectivity index (χ2v) is 7.42. The first-order valence-electron chi connectivity index (χ1n) is 7.30. The van der Waals surface area contributed by atoms with Gasteiger partial charge in [-0.2, -0.15) is 5.26 Å². The maximum Gasteiger partial charge on any atom is 0.238 e. The number of hydrogen-bond donors (Lipinski definition) is 2. The Hall–Kier alpha value is -1.68. The molecule has 0 saturated carbocycles. The van der Waals surface area contributed by atoms with Gasteiger partial charge in [-0.15, -0.1) is 22.7 Å². The maximum absolute atomic E-state index is 12.1. The fraction of sp³-hybridized carbons (Fsp3) is 0.375. The van der Waals surface area contributed by atoms with E-state index in [1.807, 2.05) is 18.4 Å². The molecule has 0 aromatic carbocycles. The Morgan fingerprint density at radius 2 is 2.36 bits per heavy atom. The minimum Gasteiger partial charge on any atom is -0.315 e. The molecule has 2 aromatic rings. The molecule has 1 amide bonds. The summed E-state index contributed by atoms with van der Waals surface area (Å²) >= 11 is 3.23. The molecule has 2 N–H and O–H groups in total. The molecular formula is C16H17N3OS2. The summed E-state index contributed by atoms with van der Waals surface area (Å²) in [6.45, 7) is 2.28. The topological polar surface area (TPSA) is 64.9 Å². The third-order valence-corrected chi connectivity index (χ3v) is 6.09. The highest BCUT2D eigenvalue weighted by molar-refractivity contribution is 7.16. The van der Waals surface area contributed by atoms with E-state index in [0.717, 1.165) is 24.8 Å². The minimum atomic E-state index is -0.0974. The van der Waals surface area contributed by atoms with Gasteiger partial charge in [0.05, 0.1) is 12.1 Å². The zero-order valence-corrected chi connectivity index (χ0v) is 13.9. The van der Waals surface area contributed by atoms with Gasteiger partial charge in [0.2, 0.25) is 5.91 Å². The van der Waals surface area contributed by atoms with Crippen molar-refractivity contribution in [1.29, 1.82) is 5.26 Å². The van der Waals surface area contributed by atoms with E-state index in [1.165, 1.54) is 9.75 Å². The Morgan fingerprint density at radius 1 is 1.50 bits per heavy atom. The third-order valence-electron chi connectivity index (χ3n) is 3.82. The van der Waals surface area contributed by atoms with Crippen molar-refractivity contribution in [3.8, 4) is 6.07 Å². The molecule has 4 nitrogen and oxygen atoms in total. The number of fused-ring (bicyclic) bond motifs is 1. The van der Waals surface area contributed by atoms with Crippen LogP contribution in [0.1, 0.15) is 40.3 Å². The monoisotopic (exact) mass is 331 g/mol. The van der Waals surface area contributed by atoms with Gasteiger partial charge in [0, 0.05) is 15.8 Å². The first-order valence-corrected chi connectivity index (χ1v) is 9.00. The second kappa shape index (κ2) is 6.61. The van der Waals surface area contributed by atoms with Gasteiger partial charge in [-0.05, 0) is 43.2 Å². The Bertz CT molecular complexity index is 713. The summed E-state index contributed by atoms with van der Waals surface area (Å²) in [6.07, 6.45) is 3.10. The van der Waals surface area contributed by atoms with Crippen molar-refractivity contribution in [3.63, 3.8) is 0 Å². The average Bonchev–Trinajstić information content (AvgIpc) is 3.21. The number of hydrogen-bond acceptors (Lipinski definition) is 5. The molecule has 1 unspecified atom stereocenters. The van der Waals surface area contributed by atoms with Crippen LogP contribution in [0.5, 0.6) is 0 Å². The zero-order chi connectivity index (χ0) is 15.5. The normalized spacial score (nSPS) is 14.4. The van der Waals surface area contributed by atoms with Crippen LogP contribution in [0.4, 0.5) is 5.00 Å². The van der Waals surface area contributed by atoms with Gasteiger partial charge in [-0.25, -0.2) is 0 Å². The van der Waals surface area contributed by atoms with Gasteiger partial charge in [-0.1, -0.05) is 6.07 Å².